The molecule has 3 unspecified atom stereocenters. The molecular weight excluding hydrogens is 274 g/mol. The highest BCUT2D eigenvalue weighted by atomic mass is 32.2. The van der Waals surface area contributed by atoms with E-state index in [1.165, 1.54) is 12.8 Å². The maximum Gasteiger partial charge on any atom is 0.212 e. The molecule has 3 atom stereocenters. The first kappa shape index (κ1) is 14.8. The molecule has 20 heavy (non-hydrogen) atoms. The fraction of sp³-hybridized carbons (Fsp3) is 1.00. The lowest BCUT2D eigenvalue weighted by molar-refractivity contribution is 0.186. The minimum absolute atomic E-state index is 0.150. The highest BCUT2D eigenvalue weighted by Crippen LogP contribution is 2.27. The van der Waals surface area contributed by atoms with Gasteiger partial charge in [-0.1, -0.05) is 6.42 Å². The van der Waals surface area contributed by atoms with Gasteiger partial charge in [-0.15, -0.1) is 0 Å². The van der Waals surface area contributed by atoms with Crippen LogP contribution in [0.2, 0.25) is 0 Å². The zero-order chi connectivity index (χ0) is 14.0. The van der Waals surface area contributed by atoms with Gasteiger partial charge in [-0.25, -0.2) is 13.1 Å². The first-order valence-corrected chi connectivity index (χ1v) is 9.74. The zero-order valence-corrected chi connectivity index (χ0v) is 13.0. The molecular formula is C14H27N3O2S. The van der Waals surface area contributed by atoms with Gasteiger partial charge >= 0.3 is 0 Å². The topological polar surface area (TPSA) is 61.4 Å². The molecule has 116 valence electrons. The summed E-state index contributed by atoms with van der Waals surface area (Å²) in [5.41, 5.74) is 0. The Hall–Kier alpha value is -0.170. The van der Waals surface area contributed by atoms with Gasteiger partial charge in [0.2, 0.25) is 10.0 Å². The van der Waals surface area contributed by atoms with Crippen molar-refractivity contribution in [3.63, 3.8) is 0 Å². The lowest BCUT2D eigenvalue weighted by Crippen LogP contribution is -2.48. The van der Waals surface area contributed by atoms with Crippen LogP contribution in [0.1, 0.15) is 38.5 Å². The van der Waals surface area contributed by atoms with E-state index in [-0.39, 0.29) is 12.0 Å². The number of hydrogen-bond acceptors (Lipinski definition) is 4. The van der Waals surface area contributed by atoms with E-state index in [9.17, 15) is 8.42 Å². The van der Waals surface area contributed by atoms with Gasteiger partial charge in [0.05, 0.1) is 5.75 Å². The predicted octanol–water partition coefficient (Wildman–Crippen LogP) is 0.532. The maximum atomic E-state index is 12.4. The first-order valence-electron chi connectivity index (χ1n) is 8.09. The second-order valence-electron chi connectivity index (χ2n) is 6.61. The third kappa shape index (κ3) is 3.53. The Labute approximate surface area is 122 Å². The largest absolute Gasteiger partial charge is 0.316 e. The lowest BCUT2D eigenvalue weighted by atomic mass is 10.00. The van der Waals surface area contributed by atoms with E-state index in [0.717, 1.165) is 51.9 Å². The van der Waals surface area contributed by atoms with Crippen molar-refractivity contribution >= 4 is 10.0 Å². The molecule has 3 aliphatic heterocycles. The standard InChI is InChI=1S/C14H27N3O2S/c18-20(19,11-12-4-3-7-15-10-12)16-13-6-9-17-8-2-1-5-14(13)17/h12-16H,1-11H2. The van der Waals surface area contributed by atoms with E-state index in [2.05, 4.69) is 14.9 Å². The van der Waals surface area contributed by atoms with E-state index in [1.54, 1.807) is 0 Å². The molecule has 0 spiro atoms. The number of hydrogen-bond donors (Lipinski definition) is 2. The van der Waals surface area contributed by atoms with E-state index in [1.807, 2.05) is 0 Å². The minimum Gasteiger partial charge on any atom is -0.316 e. The van der Waals surface area contributed by atoms with Crippen molar-refractivity contribution in [2.45, 2.75) is 50.6 Å². The lowest BCUT2D eigenvalue weighted by Gasteiger charge is -2.32. The average molecular weight is 301 g/mol. The molecule has 0 radical (unpaired) electrons. The van der Waals surface area contributed by atoms with Gasteiger partial charge in [-0.05, 0) is 57.7 Å². The van der Waals surface area contributed by atoms with Gasteiger partial charge in [0, 0.05) is 18.6 Å². The van der Waals surface area contributed by atoms with Gasteiger partial charge in [0.25, 0.3) is 0 Å². The Morgan fingerprint density at radius 3 is 2.80 bits per heavy atom. The van der Waals surface area contributed by atoms with Crippen LogP contribution in [0.15, 0.2) is 0 Å². The molecule has 3 fully saturated rings. The summed E-state index contributed by atoms with van der Waals surface area (Å²) < 4.78 is 27.7. The molecule has 5 nitrogen and oxygen atoms in total. The van der Waals surface area contributed by atoms with Gasteiger partial charge in [-0.3, -0.25) is 4.90 Å². The fourth-order valence-electron chi connectivity index (χ4n) is 4.04. The van der Waals surface area contributed by atoms with Crippen LogP contribution < -0.4 is 10.0 Å². The minimum atomic E-state index is -3.13. The summed E-state index contributed by atoms with van der Waals surface area (Å²) in [6.07, 6.45) is 6.77. The number of piperidine rings is 2. The van der Waals surface area contributed by atoms with E-state index in [0.29, 0.717) is 11.8 Å². The quantitative estimate of drug-likeness (QED) is 0.795. The molecule has 2 N–H and O–H groups in total. The Bertz CT molecular complexity index is 420. The third-order valence-electron chi connectivity index (χ3n) is 5.04. The van der Waals surface area contributed by atoms with E-state index >= 15 is 0 Å². The van der Waals surface area contributed by atoms with Gasteiger partial charge in [0.1, 0.15) is 0 Å². The number of rotatable bonds is 4. The summed E-state index contributed by atoms with van der Waals surface area (Å²) >= 11 is 0. The van der Waals surface area contributed by atoms with Crippen molar-refractivity contribution in [2.24, 2.45) is 5.92 Å². The van der Waals surface area contributed by atoms with Gasteiger partial charge in [0.15, 0.2) is 0 Å². The normalized spacial score (nSPS) is 35.9. The van der Waals surface area contributed by atoms with Crippen molar-refractivity contribution < 1.29 is 8.42 Å². The number of nitrogens with zero attached hydrogens (tertiary/aromatic N) is 1. The molecule has 0 aliphatic carbocycles. The van der Waals surface area contributed by atoms with E-state index < -0.39 is 10.0 Å². The molecule has 3 rings (SSSR count). The van der Waals surface area contributed by atoms with Crippen LogP contribution in [0.3, 0.4) is 0 Å². The molecule has 0 aromatic rings. The summed E-state index contributed by atoms with van der Waals surface area (Å²) in [6.45, 7) is 4.09. The van der Waals surface area contributed by atoms with Crippen molar-refractivity contribution in [1.82, 2.24) is 14.9 Å². The maximum absolute atomic E-state index is 12.4. The molecule has 6 heteroatoms. The first-order chi connectivity index (χ1) is 9.64. The average Bonchev–Trinajstić information content (AvgIpc) is 2.82. The van der Waals surface area contributed by atoms with Crippen molar-refractivity contribution in [3.05, 3.63) is 0 Å². The summed E-state index contributed by atoms with van der Waals surface area (Å²) in [6, 6.07) is 0.597. The van der Waals surface area contributed by atoms with Crippen LogP contribution in [0.5, 0.6) is 0 Å². The molecule has 0 aromatic heterocycles. The zero-order valence-electron chi connectivity index (χ0n) is 12.2. The summed E-state index contributed by atoms with van der Waals surface area (Å²) in [7, 11) is -3.13. The van der Waals surface area contributed by atoms with Gasteiger partial charge in [-0.2, -0.15) is 0 Å². The monoisotopic (exact) mass is 301 g/mol. The third-order valence-corrected chi connectivity index (χ3v) is 6.61. The smallest absolute Gasteiger partial charge is 0.212 e. The molecule has 3 aliphatic rings. The predicted molar refractivity (Wildman–Crippen MR) is 80.1 cm³/mol. The Balaban J connectivity index is 1.55. The second kappa shape index (κ2) is 6.30. The summed E-state index contributed by atoms with van der Waals surface area (Å²) in [5, 5.41) is 3.30. The molecule has 0 saturated carbocycles. The van der Waals surface area contributed by atoms with Gasteiger partial charge < -0.3 is 5.32 Å². The van der Waals surface area contributed by atoms with Crippen molar-refractivity contribution in [3.8, 4) is 0 Å². The number of sulfonamides is 1. The number of fused-ring (bicyclic) bond motifs is 1. The SMILES string of the molecule is O=S(=O)(CC1CCCNC1)NC1CCN2CCCCC12. The van der Waals surface area contributed by atoms with E-state index in [4.69, 9.17) is 0 Å². The van der Waals surface area contributed by atoms with Crippen LogP contribution in [0, 0.1) is 5.92 Å². The van der Waals surface area contributed by atoms with Crippen molar-refractivity contribution in [1.29, 1.82) is 0 Å². The van der Waals surface area contributed by atoms with Crippen molar-refractivity contribution in [2.75, 3.05) is 31.9 Å². The Kier molecular flexibility index (Phi) is 4.65. The molecule has 3 saturated heterocycles. The Morgan fingerprint density at radius 1 is 1.10 bits per heavy atom. The van der Waals surface area contributed by atoms with Crippen LogP contribution in [-0.4, -0.2) is 57.3 Å². The molecule has 0 bridgehead atoms. The summed E-state index contributed by atoms with van der Waals surface area (Å²) in [4.78, 5) is 2.47. The molecule has 0 aromatic carbocycles. The highest BCUT2D eigenvalue weighted by molar-refractivity contribution is 7.89. The van der Waals surface area contributed by atoms with Crippen LogP contribution in [-0.2, 0) is 10.0 Å². The Morgan fingerprint density at radius 2 is 2.00 bits per heavy atom. The fourth-order valence-corrected chi connectivity index (χ4v) is 5.78. The van der Waals surface area contributed by atoms with Crippen LogP contribution >= 0.6 is 0 Å². The highest BCUT2D eigenvalue weighted by Gasteiger charge is 2.37. The van der Waals surface area contributed by atoms with Crippen LogP contribution in [0.4, 0.5) is 0 Å². The second-order valence-corrected chi connectivity index (χ2v) is 8.40. The summed E-state index contributed by atoms with van der Waals surface area (Å²) in [5.74, 6) is 0.577. The number of nitrogens with one attached hydrogen (secondary N) is 2. The molecule has 3 heterocycles. The van der Waals surface area contributed by atoms with Crippen LogP contribution in [0.25, 0.3) is 0 Å². The molecule has 0 amide bonds.